The SMILES string of the molecule is COc1cc(C(=O)C(C)F)ccc1Cl. The molecule has 0 aliphatic heterocycles. The molecule has 1 aromatic carbocycles. The summed E-state index contributed by atoms with van der Waals surface area (Å²) in [5.74, 6) is -0.196. The van der Waals surface area contributed by atoms with E-state index in [-0.39, 0.29) is 5.56 Å². The molecule has 4 heteroatoms. The fourth-order valence-corrected chi connectivity index (χ4v) is 1.24. The van der Waals surface area contributed by atoms with Crippen LogP contribution in [0.25, 0.3) is 0 Å². The van der Waals surface area contributed by atoms with Gasteiger partial charge in [-0.1, -0.05) is 11.6 Å². The van der Waals surface area contributed by atoms with Gasteiger partial charge in [0.2, 0.25) is 0 Å². The highest BCUT2D eigenvalue weighted by Crippen LogP contribution is 2.25. The summed E-state index contributed by atoms with van der Waals surface area (Å²) in [5.41, 5.74) is 0.265. The van der Waals surface area contributed by atoms with Gasteiger partial charge in [0.1, 0.15) is 5.75 Å². The summed E-state index contributed by atoms with van der Waals surface area (Å²) in [6, 6.07) is 4.42. The number of hydrogen-bond donors (Lipinski definition) is 0. The summed E-state index contributed by atoms with van der Waals surface area (Å²) >= 11 is 5.75. The minimum atomic E-state index is -1.51. The highest BCUT2D eigenvalue weighted by molar-refractivity contribution is 6.32. The lowest BCUT2D eigenvalue weighted by Crippen LogP contribution is -2.11. The van der Waals surface area contributed by atoms with E-state index < -0.39 is 12.0 Å². The van der Waals surface area contributed by atoms with Crippen LogP contribution >= 0.6 is 11.6 Å². The van der Waals surface area contributed by atoms with Gasteiger partial charge < -0.3 is 4.74 Å². The van der Waals surface area contributed by atoms with E-state index in [9.17, 15) is 9.18 Å². The Labute approximate surface area is 86.6 Å². The second kappa shape index (κ2) is 4.42. The second-order valence-electron chi connectivity index (χ2n) is 2.83. The number of ether oxygens (including phenoxy) is 1. The number of methoxy groups -OCH3 is 1. The average Bonchev–Trinajstić information content (AvgIpc) is 2.17. The minimum absolute atomic E-state index is 0.265. The summed E-state index contributed by atoms with van der Waals surface area (Å²) in [7, 11) is 1.44. The molecule has 76 valence electrons. The van der Waals surface area contributed by atoms with E-state index >= 15 is 0 Å². The van der Waals surface area contributed by atoms with Gasteiger partial charge in [0.25, 0.3) is 0 Å². The van der Waals surface area contributed by atoms with Crippen molar-refractivity contribution in [1.82, 2.24) is 0 Å². The topological polar surface area (TPSA) is 26.3 Å². The predicted molar refractivity (Wildman–Crippen MR) is 52.9 cm³/mol. The van der Waals surface area contributed by atoms with E-state index in [1.807, 2.05) is 0 Å². The van der Waals surface area contributed by atoms with Crippen LogP contribution in [0.4, 0.5) is 4.39 Å². The Bertz CT molecular complexity index is 350. The monoisotopic (exact) mass is 216 g/mol. The number of ketones is 1. The van der Waals surface area contributed by atoms with Gasteiger partial charge in [0, 0.05) is 5.56 Å². The Hall–Kier alpha value is -1.09. The molecular formula is C10H10ClFO2. The van der Waals surface area contributed by atoms with Crippen LogP contribution in [0.3, 0.4) is 0 Å². The normalized spacial score (nSPS) is 12.3. The van der Waals surface area contributed by atoms with Gasteiger partial charge in [-0.2, -0.15) is 0 Å². The van der Waals surface area contributed by atoms with Gasteiger partial charge in [-0.25, -0.2) is 4.39 Å². The molecule has 0 aromatic heterocycles. The Morgan fingerprint density at radius 1 is 1.57 bits per heavy atom. The van der Waals surface area contributed by atoms with Crippen LogP contribution in [0.1, 0.15) is 17.3 Å². The highest BCUT2D eigenvalue weighted by atomic mass is 35.5. The van der Waals surface area contributed by atoms with Crippen molar-refractivity contribution < 1.29 is 13.9 Å². The highest BCUT2D eigenvalue weighted by Gasteiger charge is 2.15. The molecule has 0 N–H and O–H groups in total. The van der Waals surface area contributed by atoms with E-state index in [1.165, 1.54) is 32.2 Å². The summed E-state index contributed by atoms with van der Waals surface area (Å²) in [4.78, 5) is 11.3. The lowest BCUT2D eigenvalue weighted by molar-refractivity contribution is 0.0892. The zero-order valence-corrected chi connectivity index (χ0v) is 8.64. The maximum absolute atomic E-state index is 12.7. The van der Waals surface area contributed by atoms with Crippen molar-refractivity contribution >= 4 is 17.4 Å². The quantitative estimate of drug-likeness (QED) is 0.727. The Kier molecular flexibility index (Phi) is 3.47. The smallest absolute Gasteiger partial charge is 0.196 e. The van der Waals surface area contributed by atoms with Crippen molar-refractivity contribution in [2.75, 3.05) is 7.11 Å². The van der Waals surface area contributed by atoms with Crippen molar-refractivity contribution in [3.63, 3.8) is 0 Å². The molecule has 0 fully saturated rings. The zero-order valence-electron chi connectivity index (χ0n) is 7.88. The summed E-state index contributed by atoms with van der Waals surface area (Å²) in [5, 5.41) is 0.399. The summed E-state index contributed by atoms with van der Waals surface area (Å²) in [6.07, 6.45) is -1.51. The molecule has 1 rings (SSSR count). The van der Waals surface area contributed by atoms with E-state index in [2.05, 4.69) is 0 Å². The first-order valence-corrected chi connectivity index (χ1v) is 4.46. The van der Waals surface area contributed by atoms with E-state index in [0.29, 0.717) is 10.8 Å². The molecule has 0 heterocycles. The fourth-order valence-electron chi connectivity index (χ4n) is 1.04. The summed E-state index contributed by atoms with van der Waals surface area (Å²) in [6.45, 7) is 1.20. The van der Waals surface area contributed by atoms with Gasteiger partial charge in [-0.05, 0) is 25.1 Å². The molecule has 0 spiro atoms. The second-order valence-corrected chi connectivity index (χ2v) is 3.24. The number of benzene rings is 1. The van der Waals surface area contributed by atoms with Gasteiger partial charge >= 0.3 is 0 Å². The average molecular weight is 217 g/mol. The van der Waals surface area contributed by atoms with Crippen LogP contribution in [0.15, 0.2) is 18.2 Å². The van der Waals surface area contributed by atoms with Crippen LogP contribution in [0.2, 0.25) is 5.02 Å². The third-order valence-corrected chi connectivity index (χ3v) is 2.11. The number of carbonyl (C=O) groups excluding carboxylic acids is 1. The molecule has 2 nitrogen and oxygen atoms in total. The molecule has 0 aliphatic carbocycles. The predicted octanol–water partition coefficient (Wildman–Crippen LogP) is 2.89. The van der Waals surface area contributed by atoms with Crippen molar-refractivity contribution in [3.8, 4) is 5.75 Å². The molecular weight excluding hydrogens is 207 g/mol. The summed E-state index contributed by atoms with van der Waals surface area (Å²) < 4.78 is 17.6. The maximum Gasteiger partial charge on any atom is 0.196 e. The van der Waals surface area contributed by atoms with Crippen LogP contribution in [-0.2, 0) is 0 Å². The molecule has 0 amide bonds. The minimum Gasteiger partial charge on any atom is -0.495 e. The fraction of sp³-hybridized carbons (Fsp3) is 0.300. The first-order chi connectivity index (χ1) is 6.56. The van der Waals surface area contributed by atoms with Crippen molar-refractivity contribution in [2.45, 2.75) is 13.1 Å². The molecule has 0 saturated carbocycles. The van der Waals surface area contributed by atoms with Gasteiger partial charge in [-0.15, -0.1) is 0 Å². The van der Waals surface area contributed by atoms with Crippen molar-refractivity contribution in [2.24, 2.45) is 0 Å². The zero-order chi connectivity index (χ0) is 10.7. The van der Waals surface area contributed by atoms with Crippen LogP contribution in [0.5, 0.6) is 5.75 Å². The molecule has 1 atom stereocenters. The molecule has 0 radical (unpaired) electrons. The van der Waals surface area contributed by atoms with Crippen LogP contribution < -0.4 is 4.74 Å². The molecule has 1 aromatic rings. The number of hydrogen-bond acceptors (Lipinski definition) is 2. The van der Waals surface area contributed by atoms with Gasteiger partial charge in [0.05, 0.1) is 12.1 Å². The molecule has 14 heavy (non-hydrogen) atoms. The lowest BCUT2D eigenvalue weighted by atomic mass is 10.1. The maximum atomic E-state index is 12.7. The van der Waals surface area contributed by atoms with E-state index in [0.717, 1.165) is 0 Å². The Morgan fingerprint density at radius 3 is 2.71 bits per heavy atom. The molecule has 0 bridgehead atoms. The number of alkyl halides is 1. The molecule has 1 unspecified atom stereocenters. The number of Topliss-reactive ketones (excluding diaryl/α,β-unsaturated/α-hetero) is 1. The largest absolute Gasteiger partial charge is 0.495 e. The molecule has 0 aliphatic rings. The Morgan fingerprint density at radius 2 is 2.21 bits per heavy atom. The number of rotatable bonds is 3. The Balaban J connectivity index is 3.06. The lowest BCUT2D eigenvalue weighted by Gasteiger charge is -2.06. The first kappa shape index (κ1) is 11.0. The number of halogens is 2. The molecule has 0 saturated heterocycles. The van der Waals surface area contributed by atoms with Crippen molar-refractivity contribution in [1.29, 1.82) is 0 Å². The third kappa shape index (κ3) is 2.23. The standard InChI is InChI=1S/C10H10ClFO2/c1-6(12)10(13)7-3-4-8(11)9(5-7)14-2/h3-6H,1-2H3. The van der Waals surface area contributed by atoms with Crippen LogP contribution in [-0.4, -0.2) is 19.1 Å². The third-order valence-electron chi connectivity index (χ3n) is 1.80. The van der Waals surface area contributed by atoms with E-state index in [4.69, 9.17) is 16.3 Å². The number of carbonyl (C=O) groups is 1. The van der Waals surface area contributed by atoms with Gasteiger partial charge in [0.15, 0.2) is 12.0 Å². The van der Waals surface area contributed by atoms with E-state index in [1.54, 1.807) is 0 Å². The van der Waals surface area contributed by atoms with Gasteiger partial charge in [-0.3, -0.25) is 4.79 Å². The van der Waals surface area contributed by atoms with Crippen LogP contribution in [0, 0.1) is 0 Å². The first-order valence-electron chi connectivity index (χ1n) is 4.08. The van der Waals surface area contributed by atoms with Crippen molar-refractivity contribution in [3.05, 3.63) is 28.8 Å².